The van der Waals surface area contributed by atoms with Gasteiger partial charge in [0.05, 0.1) is 12.2 Å². The van der Waals surface area contributed by atoms with E-state index in [1.165, 1.54) is 128 Å². The van der Waals surface area contributed by atoms with Crippen LogP contribution in [0, 0.1) is 56.3 Å². The average molecular weight is 930 g/mol. The molecule has 1 amide bonds. The van der Waals surface area contributed by atoms with Crippen molar-refractivity contribution in [1.82, 2.24) is 5.32 Å². The van der Waals surface area contributed by atoms with Gasteiger partial charge in [0.2, 0.25) is 5.91 Å². The van der Waals surface area contributed by atoms with E-state index >= 15 is 0 Å². The number of nitrogens with one attached hydrogen (secondary N) is 1. The molecule has 2 radical (unpaired) electrons. The van der Waals surface area contributed by atoms with Crippen LogP contribution in [0.25, 0.3) is 0 Å². The molecule has 1 aliphatic heterocycles. The van der Waals surface area contributed by atoms with Crippen molar-refractivity contribution in [2.75, 3.05) is 13.2 Å². The van der Waals surface area contributed by atoms with Crippen LogP contribution in [0.15, 0.2) is 0 Å². The Morgan fingerprint density at radius 2 is 1.16 bits per heavy atom. The van der Waals surface area contributed by atoms with E-state index in [0.29, 0.717) is 12.5 Å². The number of aliphatic hydroxyl groups is 1. The fraction of sp³-hybridized carbons (Fsp3) is 0.930. The number of carbonyl (C=O) groups is 1. The summed E-state index contributed by atoms with van der Waals surface area (Å²) in [5.41, 5.74) is 0. The molecule has 0 aromatic carbocycles. The normalized spacial score (nSPS) is 18.8. The number of amides is 1. The molecule has 50 heavy (non-hydrogen) atoms. The first-order valence-corrected chi connectivity index (χ1v) is 21.2. The Balaban J connectivity index is -0.000000964. The number of rotatable bonds is 30. The van der Waals surface area contributed by atoms with Crippen molar-refractivity contribution in [2.45, 2.75) is 233 Å². The number of hydrogen-bond donors (Lipinski definition) is 2. The minimum Gasteiger partial charge on any atom is -0.414 e. The van der Waals surface area contributed by atoms with Gasteiger partial charge in [0.15, 0.2) is 0 Å². The topological polar surface area (TPSA) is 67.8 Å². The van der Waals surface area contributed by atoms with Crippen LogP contribution in [0.1, 0.15) is 209 Å². The molecule has 0 bridgehead atoms. The first-order chi connectivity index (χ1) is 23.7. The summed E-state index contributed by atoms with van der Waals surface area (Å²) in [6.45, 7) is 19.8. The van der Waals surface area contributed by atoms with Crippen molar-refractivity contribution in [2.24, 2.45) is 11.8 Å². The zero-order chi connectivity index (χ0) is 37.0. The molecule has 1 aliphatic rings. The fourth-order valence-corrected chi connectivity index (χ4v) is 6.49. The van der Waals surface area contributed by atoms with E-state index in [9.17, 15) is 4.79 Å². The van der Waals surface area contributed by atoms with Gasteiger partial charge in [-0.15, -0.1) is 0 Å². The minimum atomic E-state index is -0.230. The third-order valence-corrected chi connectivity index (χ3v) is 9.60. The van der Waals surface area contributed by atoms with Crippen LogP contribution in [0.5, 0.6) is 0 Å². The standard InChI is InChI=1S/C28H57NO2.C12H22BO2.C3H7.U/c1-2-3-4-23-26-29-28(31)25-22-20-18-16-14-12-10-8-6-5-7-9-11-13-15-17-19-21-24-27-30;1-6-8(4)10-11(14-7(2)3)9(5)15-12(10)13;1-3-2;/h30H,2-27H2,1H3,(H,29,31);7-12H,5-6H2,1-4H3;3H,1-2H3;/q;2*-1;+2. The van der Waals surface area contributed by atoms with Crippen molar-refractivity contribution in [1.29, 1.82) is 0 Å². The van der Waals surface area contributed by atoms with E-state index in [1.807, 2.05) is 34.1 Å². The Morgan fingerprint density at radius 3 is 1.54 bits per heavy atom. The Bertz CT molecular complexity index is 667. The summed E-state index contributed by atoms with van der Waals surface area (Å²) in [5.74, 6) is 1.03. The summed E-state index contributed by atoms with van der Waals surface area (Å²) < 4.78 is 11.4. The van der Waals surface area contributed by atoms with Gasteiger partial charge >= 0.3 is 31.1 Å². The molecule has 5 atom stereocenters. The van der Waals surface area contributed by atoms with Crippen LogP contribution in [-0.2, 0) is 14.3 Å². The molecule has 0 aliphatic carbocycles. The van der Waals surface area contributed by atoms with Crippen molar-refractivity contribution in [3.8, 4) is 0 Å². The van der Waals surface area contributed by atoms with E-state index in [1.54, 1.807) is 0 Å². The number of carbonyl (C=O) groups excluding carboxylic acids is 1. The Morgan fingerprint density at radius 1 is 0.760 bits per heavy atom. The Labute approximate surface area is 339 Å². The summed E-state index contributed by atoms with van der Waals surface area (Å²) in [4.78, 5) is 11.7. The van der Waals surface area contributed by atoms with Crippen molar-refractivity contribution >= 4 is 13.8 Å². The first-order valence-electron chi connectivity index (χ1n) is 21.2. The van der Waals surface area contributed by atoms with Gasteiger partial charge in [0.1, 0.15) is 7.85 Å². The monoisotopic (exact) mass is 930 g/mol. The second-order valence-electron chi connectivity index (χ2n) is 14.9. The van der Waals surface area contributed by atoms with Gasteiger partial charge in [-0.25, -0.2) is 0 Å². The van der Waals surface area contributed by atoms with E-state index in [0.717, 1.165) is 38.6 Å². The van der Waals surface area contributed by atoms with Crippen LogP contribution in [0.2, 0.25) is 0 Å². The maximum Gasteiger partial charge on any atom is 2.00 e. The molecule has 0 spiro atoms. The third-order valence-electron chi connectivity index (χ3n) is 9.60. The number of ether oxygens (including phenoxy) is 2. The molecule has 5 nitrogen and oxygen atoms in total. The molecular weight excluding hydrogens is 843 g/mol. The smallest absolute Gasteiger partial charge is 0.414 e. The molecule has 2 N–H and O–H groups in total. The third kappa shape index (κ3) is 35.5. The zero-order valence-corrected chi connectivity index (χ0v) is 38.8. The molecule has 1 saturated heterocycles. The summed E-state index contributed by atoms with van der Waals surface area (Å²) in [5, 5.41) is 11.8. The second-order valence-corrected chi connectivity index (χ2v) is 14.9. The van der Waals surface area contributed by atoms with Gasteiger partial charge in [0, 0.05) is 31.5 Å². The predicted octanol–water partition coefficient (Wildman–Crippen LogP) is 11.9. The predicted molar refractivity (Wildman–Crippen MR) is 215 cm³/mol. The molecule has 0 saturated carbocycles. The summed E-state index contributed by atoms with van der Waals surface area (Å²) in [6.07, 6.45) is 34.1. The number of unbranched alkanes of at least 4 members (excludes halogenated alkanes) is 21. The van der Waals surface area contributed by atoms with Crippen LogP contribution in [0.4, 0.5) is 0 Å². The fourth-order valence-electron chi connectivity index (χ4n) is 6.49. The molecule has 294 valence electrons. The molecule has 0 aromatic rings. The number of aliphatic hydroxyl groups excluding tert-OH is 1. The van der Waals surface area contributed by atoms with E-state index in [2.05, 4.69) is 33.0 Å². The molecule has 1 fully saturated rings. The van der Waals surface area contributed by atoms with Gasteiger partial charge in [-0.3, -0.25) is 4.79 Å². The van der Waals surface area contributed by atoms with E-state index in [-0.39, 0.29) is 67.3 Å². The van der Waals surface area contributed by atoms with Crippen molar-refractivity contribution < 1.29 is 50.5 Å². The summed E-state index contributed by atoms with van der Waals surface area (Å²) in [7, 11) is 5.97. The molecule has 5 unspecified atom stereocenters. The Kier molecular flexibility index (Phi) is 46.3. The van der Waals surface area contributed by atoms with Gasteiger partial charge in [-0.05, 0) is 45.1 Å². The van der Waals surface area contributed by atoms with E-state index in [4.69, 9.17) is 22.4 Å². The molecule has 7 heteroatoms. The quantitative estimate of drug-likeness (QED) is 0.0428. The summed E-state index contributed by atoms with van der Waals surface area (Å²) in [6, 6.07) is -0.230. The van der Waals surface area contributed by atoms with Crippen LogP contribution in [-0.4, -0.2) is 56.3 Å². The van der Waals surface area contributed by atoms with Crippen molar-refractivity contribution in [3.05, 3.63) is 13.3 Å². The van der Waals surface area contributed by atoms with Gasteiger partial charge in [-0.2, -0.15) is 13.8 Å². The first kappa shape index (κ1) is 54.8. The Hall–Kier alpha value is 0.467. The van der Waals surface area contributed by atoms with Crippen molar-refractivity contribution in [3.63, 3.8) is 0 Å². The van der Waals surface area contributed by atoms with E-state index < -0.39 is 0 Å². The SMILES string of the molecule is CCCCCCNC(=O)CCCCCCCCCCCCCCCCCCCCCO.C[CH-]C.[B]C1OC([CH2-])C(OC(C)C)C1C(C)CC.[U+2]. The number of hydrogen-bond acceptors (Lipinski definition) is 4. The molecule has 1 heterocycles. The molecule has 1 rings (SSSR count). The van der Waals surface area contributed by atoms with Crippen LogP contribution < -0.4 is 5.32 Å². The van der Waals surface area contributed by atoms with Gasteiger partial charge in [-0.1, -0.05) is 156 Å². The maximum atomic E-state index is 11.7. The largest absolute Gasteiger partial charge is 2.00 e. The zero-order valence-electron chi connectivity index (χ0n) is 34.6. The van der Waals surface area contributed by atoms with Gasteiger partial charge < -0.3 is 33.2 Å². The van der Waals surface area contributed by atoms with Crippen LogP contribution in [0.3, 0.4) is 0 Å². The maximum absolute atomic E-state index is 11.7. The minimum absolute atomic E-state index is 0. The molecule has 0 aromatic heterocycles. The average Bonchev–Trinajstić information content (AvgIpc) is 3.35. The van der Waals surface area contributed by atoms with Crippen LogP contribution >= 0.6 is 0 Å². The molecular formula is C43H86BNO4U. The van der Waals surface area contributed by atoms with Gasteiger partial charge in [0.25, 0.3) is 0 Å². The summed E-state index contributed by atoms with van der Waals surface area (Å²) >= 11 is 0. The second kappa shape index (κ2) is 42.2.